The SMILES string of the molecule is COc1cc(/C=N/n2c(=S)[nH]c3ccccc3c2=O)cc(OC)c1O. The number of nitrogens with zero attached hydrogens (tertiary/aromatic N) is 2. The lowest BCUT2D eigenvalue weighted by Crippen LogP contribution is -2.18. The second-order valence-electron chi connectivity index (χ2n) is 5.11. The second kappa shape index (κ2) is 6.78. The summed E-state index contributed by atoms with van der Waals surface area (Å²) in [7, 11) is 2.86. The molecule has 0 fully saturated rings. The Kier molecular flexibility index (Phi) is 4.53. The molecular formula is C17H15N3O4S. The van der Waals surface area contributed by atoms with Crippen molar-refractivity contribution in [3.63, 3.8) is 0 Å². The molecular weight excluding hydrogens is 342 g/mol. The van der Waals surface area contributed by atoms with Crippen molar-refractivity contribution in [2.75, 3.05) is 14.2 Å². The lowest BCUT2D eigenvalue weighted by atomic mass is 10.2. The van der Waals surface area contributed by atoms with Crippen LogP contribution in [0.1, 0.15) is 5.56 Å². The lowest BCUT2D eigenvalue weighted by Gasteiger charge is -2.09. The molecule has 0 aliphatic heterocycles. The van der Waals surface area contributed by atoms with E-state index in [1.807, 2.05) is 6.07 Å². The molecule has 1 aromatic heterocycles. The summed E-state index contributed by atoms with van der Waals surface area (Å²) in [5.41, 5.74) is 0.895. The summed E-state index contributed by atoms with van der Waals surface area (Å²) in [4.78, 5) is 15.5. The number of aromatic nitrogens is 2. The first kappa shape index (κ1) is 16.7. The van der Waals surface area contributed by atoms with Gasteiger partial charge in [-0.15, -0.1) is 0 Å². The van der Waals surface area contributed by atoms with E-state index in [9.17, 15) is 9.90 Å². The average molecular weight is 357 g/mol. The van der Waals surface area contributed by atoms with Crippen molar-refractivity contribution in [3.05, 3.63) is 57.1 Å². The number of benzene rings is 2. The van der Waals surface area contributed by atoms with Crippen LogP contribution < -0.4 is 15.0 Å². The maximum atomic E-state index is 12.5. The molecule has 128 valence electrons. The van der Waals surface area contributed by atoms with Gasteiger partial charge in [0.25, 0.3) is 5.56 Å². The van der Waals surface area contributed by atoms with E-state index in [1.165, 1.54) is 20.4 Å². The number of phenolic OH excluding ortho intramolecular Hbond substituents is 1. The molecule has 0 aliphatic carbocycles. The highest BCUT2D eigenvalue weighted by Crippen LogP contribution is 2.36. The van der Waals surface area contributed by atoms with Crippen molar-refractivity contribution in [3.8, 4) is 17.2 Å². The summed E-state index contributed by atoms with van der Waals surface area (Å²) in [6, 6.07) is 10.2. The van der Waals surface area contributed by atoms with Gasteiger partial charge in [-0.3, -0.25) is 4.79 Å². The molecule has 0 atom stereocenters. The van der Waals surface area contributed by atoms with E-state index >= 15 is 0 Å². The fourth-order valence-corrected chi connectivity index (χ4v) is 2.61. The van der Waals surface area contributed by atoms with E-state index in [0.717, 1.165) is 4.68 Å². The largest absolute Gasteiger partial charge is 0.502 e. The van der Waals surface area contributed by atoms with Gasteiger partial charge >= 0.3 is 0 Å². The zero-order chi connectivity index (χ0) is 18.0. The van der Waals surface area contributed by atoms with Crippen LogP contribution in [0.5, 0.6) is 17.2 Å². The number of nitrogens with one attached hydrogen (secondary N) is 1. The third kappa shape index (κ3) is 3.11. The van der Waals surface area contributed by atoms with Crippen molar-refractivity contribution in [2.24, 2.45) is 5.10 Å². The smallest absolute Gasteiger partial charge is 0.282 e. The topological polar surface area (TPSA) is 88.8 Å². The highest BCUT2D eigenvalue weighted by atomic mass is 32.1. The molecule has 3 aromatic rings. The number of H-pyrrole nitrogens is 1. The Morgan fingerprint density at radius 2 is 1.84 bits per heavy atom. The van der Waals surface area contributed by atoms with Crippen molar-refractivity contribution < 1.29 is 14.6 Å². The van der Waals surface area contributed by atoms with Gasteiger partial charge in [0.05, 0.1) is 31.3 Å². The van der Waals surface area contributed by atoms with Gasteiger partial charge in [-0.25, -0.2) is 0 Å². The molecule has 3 rings (SSSR count). The Hall–Kier alpha value is -3.13. The summed E-state index contributed by atoms with van der Waals surface area (Å²) >= 11 is 5.20. The Morgan fingerprint density at radius 1 is 1.20 bits per heavy atom. The molecule has 0 saturated heterocycles. The Balaban J connectivity index is 2.10. The number of aromatic amines is 1. The number of fused-ring (bicyclic) bond motifs is 1. The molecule has 0 amide bonds. The third-order valence-corrected chi connectivity index (χ3v) is 3.88. The van der Waals surface area contributed by atoms with Crippen LogP contribution in [0, 0.1) is 4.77 Å². The number of para-hydroxylation sites is 1. The van der Waals surface area contributed by atoms with Crippen molar-refractivity contribution in [1.29, 1.82) is 0 Å². The molecule has 8 heteroatoms. The van der Waals surface area contributed by atoms with E-state index in [2.05, 4.69) is 10.1 Å². The maximum Gasteiger partial charge on any atom is 0.282 e. The second-order valence-corrected chi connectivity index (χ2v) is 5.50. The monoisotopic (exact) mass is 357 g/mol. The Morgan fingerprint density at radius 3 is 2.48 bits per heavy atom. The van der Waals surface area contributed by atoms with Crippen LogP contribution in [-0.4, -0.2) is 35.2 Å². The van der Waals surface area contributed by atoms with Gasteiger partial charge < -0.3 is 19.6 Å². The highest BCUT2D eigenvalue weighted by Gasteiger charge is 2.10. The molecule has 7 nitrogen and oxygen atoms in total. The van der Waals surface area contributed by atoms with E-state index < -0.39 is 0 Å². The number of phenols is 1. The molecule has 0 unspecified atom stereocenters. The van der Waals surface area contributed by atoms with Crippen LogP contribution >= 0.6 is 12.2 Å². The number of rotatable bonds is 4. The van der Waals surface area contributed by atoms with E-state index in [1.54, 1.807) is 30.3 Å². The van der Waals surface area contributed by atoms with Gasteiger partial charge in [-0.2, -0.15) is 9.78 Å². The molecule has 1 heterocycles. The normalized spacial score (nSPS) is 11.1. The summed E-state index contributed by atoms with van der Waals surface area (Å²) in [6.07, 6.45) is 1.43. The van der Waals surface area contributed by atoms with Crippen molar-refractivity contribution in [1.82, 2.24) is 9.66 Å². The van der Waals surface area contributed by atoms with Crippen LogP contribution in [0.15, 0.2) is 46.3 Å². The van der Waals surface area contributed by atoms with Gasteiger partial charge in [0.1, 0.15) is 0 Å². The average Bonchev–Trinajstić information content (AvgIpc) is 2.62. The minimum atomic E-state index is -0.326. The lowest BCUT2D eigenvalue weighted by molar-refractivity contribution is 0.340. The molecule has 0 aliphatic rings. The number of aromatic hydroxyl groups is 1. The fraction of sp³-hybridized carbons (Fsp3) is 0.118. The van der Waals surface area contributed by atoms with Gasteiger partial charge in [0.15, 0.2) is 11.5 Å². The maximum absolute atomic E-state index is 12.5. The quantitative estimate of drug-likeness (QED) is 0.554. The molecule has 25 heavy (non-hydrogen) atoms. The number of hydrogen-bond acceptors (Lipinski definition) is 6. The van der Waals surface area contributed by atoms with Crippen LogP contribution in [0.2, 0.25) is 0 Å². The van der Waals surface area contributed by atoms with Crippen LogP contribution in [0.4, 0.5) is 0 Å². The summed E-state index contributed by atoms with van der Waals surface area (Å²) in [5.74, 6) is 0.357. The van der Waals surface area contributed by atoms with Gasteiger partial charge in [0, 0.05) is 5.56 Å². The standard InChI is InChI=1S/C17H15N3O4S/c1-23-13-7-10(8-14(24-2)15(13)21)9-18-20-16(22)11-5-3-4-6-12(11)19-17(20)25/h3-9,21H,1-2H3,(H,19,25)/b18-9+. The fourth-order valence-electron chi connectivity index (χ4n) is 2.37. The van der Waals surface area contributed by atoms with Gasteiger partial charge in [-0.05, 0) is 36.5 Å². The van der Waals surface area contributed by atoms with Crippen LogP contribution in [-0.2, 0) is 0 Å². The summed E-state index contributed by atoms with van der Waals surface area (Å²) in [5, 5.41) is 14.6. The van der Waals surface area contributed by atoms with E-state index in [4.69, 9.17) is 21.7 Å². The molecule has 2 N–H and O–H groups in total. The van der Waals surface area contributed by atoms with Crippen molar-refractivity contribution in [2.45, 2.75) is 0 Å². The van der Waals surface area contributed by atoms with Gasteiger partial charge in [0.2, 0.25) is 10.5 Å². The van der Waals surface area contributed by atoms with Crippen LogP contribution in [0.25, 0.3) is 10.9 Å². The van der Waals surface area contributed by atoms with Gasteiger partial charge in [-0.1, -0.05) is 12.1 Å². The third-order valence-electron chi connectivity index (χ3n) is 3.61. The number of ether oxygens (including phenoxy) is 2. The predicted molar refractivity (Wildman–Crippen MR) is 97.6 cm³/mol. The molecule has 0 bridgehead atoms. The Bertz CT molecular complexity index is 1060. The van der Waals surface area contributed by atoms with E-state index in [-0.39, 0.29) is 27.6 Å². The minimum Gasteiger partial charge on any atom is -0.502 e. The molecule has 0 radical (unpaired) electrons. The minimum absolute atomic E-state index is 0.109. The first-order valence-electron chi connectivity index (χ1n) is 7.28. The summed E-state index contributed by atoms with van der Waals surface area (Å²) < 4.78 is 11.5. The zero-order valence-electron chi connectivity index (χ0n) is 13.5. The molecule has 0 spiro atoms. The predicted octanol–water partition coefficient (Wildman–Crippen LogP) is 2.66. The first-order chi connectivity index (χ1) is 12.0. The molecule has 2 aromatic carbocycles. The first-order valence-corrected chi connectivity index (χ1v) is 7.69. The van der Waals surface area contributed by atoms with E-state index in [0.29, 0.717) is 16.5 Å². The van der Waals surface area contributed by atoms with Crippen molar-refractivity contribution >= 4 is 29.3 Å². The zero-order valence-corrected chi connectivity index (χ0v) is 14.3. The number of methoxy groups -OCH3 is 2. The Labute approximate surface area is 147 Å². The summed E-state index contributed by atoms with van der Waals surface area (Å²) in [6.45, 7) is 0. The highest BCUT2D eigenvalue weighted by molar-refractivity contribution is 7.71. The number of hydrogen-bond donors (Lipinski definition) is 2. The van der Waals surface area contributed by atoms with Crippen LogP contribution in [0.3, 0.4) is 0 Å². The molecule has 0 saturated carbocycles.